The van der Waals surface area contributed by atoms with Crippen molar-refractivity contribution in [3.8, 4) is 11.5 Å². The number of nitrogens with zero attached hydrogens (tertiary/aromatic N) is 1. The largest absolute Gasteiger partial charge is 0.497 e. The van der Waals surface area contributed by atoms with Crippen LogP contribution in [0.2, 0.25) is 0 Å². The van der Waals surface area contributed by atoms with Crippen LogP contribution in [-0.4, -0.2) is 32.1 Å². The topological polar surface area (TPSA) is 67.9 Å². The SMILES string of the molecule is CCCN1C(=O)COc2ccc(NC(=O)/C=C/c3cccc(OC)c3)cc21. The molecule has 0 aliphatic carbocycles. The van der Waals surface area contributed by atoms with Gasteiger partial charge in [0.25, 0.3) is 5.91 Å². The van der Waals surface area contributed by atoms with Crippen molar-refractivity contribution in [3.05, 3.63) is 54.1 Å². The van der Waals surface area contributed by atoms with Gasteiger partial charge < -0.3 is 19.7 Å². The van der Waals surface area contributed by atoms with E-state index in [2.05, 4.69) is 5.32 Å². The predicted molar refractivity (Wildman–Crippen MR) is 105 cm³/mol. The number of benzene rings is 2. The molecule has 0 fully saturated rings. The number of carbonyl (C=O) groups is 2. The second-order valence-corrected chi connectivity index (χ2v) is 6.12. The summed E-state index contributed by atoms with van der Waals surface area (Å²) in [6.45, 7) is 2.67. The first-order valence-electron chi connectivity index (χ1n) is 8.81. The molecule has 1 heterocycles. The molecule has 140 valence electrons. The van der Waals surface area contributed by atoms with E-state index in [0.717, 1.165) is 17.7 Å². The van der Waals surface area contributed by atoms with E-state index in [-0.39, 0.29) is 18.4 Å². The normalized spacial score (nSPS) is 13.3. The number of nitrogens with one attached hydrogen (secondary N) is 1. The minimum Gasteiger partial charge on any atom is -0.497 e. The molecular formula is C21H22N2O4. The zero-order valence-corrected chi connectivity index (χ0v) is 15.4. The number of carbonyl (C=O) groups excluding carboxylic acids is 2. The lowest BCUT2D eigenvalue weighted by molar-refractivity contribution is -0.121. The standard InChI is InChI=1S/C21H22N2O4/c1-3-11-23-18-13-16(8-9-19(18)27-14-21(23)25)22-20(24)10-7-15-5-4-6-17(12-15)26-2/h4-10,12-13H,3,11,14H2,1-2H3,(H,22,24)/b10-7+. The van der Waals surface area contributed by atoms with Crippen molar-refractivity contribution in [1.82, 2.24) is 0 Å². The predicted octanol–water partition coefficient (Wildman–Crippen LogP) is 3.48. The quantitative estimate of drug-likeness (QED) is 0.795. The molecule has 0 aromatic heterocycles. The third-order valence-electron chi connectivity index (χ3n) is 4.14. The lowest BCUT2D eigenvalue weighted by Crippen LogP contribution is -2.39. The fourth-order valence-corrected chi connectivity index (χ4v) is 2.85. The molecule has 3 rings (SSSR count). The number of rotatable bonds is 6. The Kier molecular flexibility index (Phi) is 5.76. The van der Waals surface area contributed by atoms with E-state index < -0.39 is 0 Å². The molecule has 1 N–H and O–H groups in total. The first-order chi connectivity index (χ1) is 13.1. The Morgan fingerprint density at radius 3 is 2.93 bits per heavy atom. The van der Waals surface area contributed by atoms with Crippen LogP contribution in [-0.2, 0) is 9.59 Å². The highest BCUT2D eigenvalue weighted by molar-refractivity contribution is 6.03. The maximum absolute atomic E-state index is 12.2. The Bertz CT molecular complexity index is 876. The van der Waals surface area contributed by atoms with Gasteiger partial charge in [0.2, 0.25) is 5.91 Å². The van der Waals surface area contributed by atoms with Crippen LogP contribution in [0.25, 0.3) is 6.08 Å². The van der Waals surface area contributed by atoms with E-state index in [0.29, 0.717) is 23.7 Å². The number of fused-ring (bicyclic) bond motifs is 1. The number of hydrogen-bond acceptors (Lipinski definition) is 4. The molecule has 6 nitrogen and oxygen atoms in total. The van der Waals surface area contributed by atoms with Crippen molar-refractivity contribution in [2.45, 2.75) is 13.3 Å². The summed E-state index contributed by atoms with van der Waals surface area (Å²) >= 11 is 0. The molecule has 0 saturated heterocycles. The number of methoxy groups -OCH3 is 1. The van der Waals surface area contributed by atoms with Gasteiger partial charge in [-0.3, -0.25) is 9.59 Å². The maximum atomic E-state index is 12.2. The van der Waals surface area contributed by atoms with Crippen LogP contribution >= 0.6 is 0 Å². The average molecular weight is 366 g/mol. The molecule has 2 aromatic rings. The summed E-state index contributed by atoms with van der Waals surface area (Å²) in [5.74, 6) is 1.04. The molecule has 0 radical (unpaired) electrons. The van der Waals surface area contributed by atoms with Crippen molar-refractivity contribution in [2.75, 3.05) is 30.5 Å². The Labute approximate surface area is 158 Å². The van der Waals surface area contributed by atoms with Crippen LogP contribution in [0.5, 0.6) is 11.5 Å². The number of ether oxygens (including phenoxy) is 2. The third-order valence-corrected chi connectivity index (χ3v) is 4.14. The Hall–Kier alpha value is -3.28. The van der Waals surface area contributed by atoms with E-state index >= 15 is 0 Å². The summed E-state index contributed by atoms with van der Waals surface area (Å²) in [5.41, 5.74) is 2.15. The van der Waals surface area contributed by atoms with Gasteiger partial charge >= 0.3 is 0 Å². The summed E-state index contributed by atoms with van der Waals surface area (Å²) in [5, 5.41) is 2.82. The molecule has 2 amide bonds. The average Bonchev–Trinajstić information content (AvgIpc) is 2.69. The molecule has 0 saturated carbocycles. The summed E-state index contributed by atoms with van der Waals surface area (Å²) in [6.07, 6.45) is 4.01. The highest BCUT2D eigenvalue weighted by Gasteiger charge is 2.25. The van der Waals surface area contributed by atoms with Crippen molar-refractivity contribution in [1.29, 1.82) is 0 Å². The van der Waals surface area contributed by atoms with Crippen molar-refractivity contribution >= 4 is 29.3 Å². The summed E-state index contributed by atoms with van der Waals surface area (Å²) < 4.78 is 10.6. The van der Waals surface area contributed by atoms with Crippen LogP contribution < -0.4 is 19.7 Å². The molecule has 1 aliphatic heterocycles. The van der Waals surface area contributed by atoms with E-state index in [1.165, 1.54) is 6.08 Å². The minimum atomic E-state index is -0.261. The van der Waals surface area contributed by atoms with Gasteiger partial charge in [-0.25, -0.2) is 0 Å². The molecule has 0 unspecified atom stereocenters. The number of anilines is 2. The summed E-state index contributed by atoms with van der Waals surface area (Å²) in [7, 11) is 1.60. The first kappa shape index (κ1) is 18.5. The van der Waals surface area contributed by atoms with Crippen molar-refractivity contribution in [3.63, 3.8) is 0 Å². The van der Waals surface area contributed by atoms with E-state index in [4.69, 9.17) is 9.47 Å². The summed E-state index contributed by atoms with van der Waals surface area (Å²) in [6, 6.07) is 12.7. The fraction of sp³-hybridized carbons (Fsp3) is 0.238. The van der Waals surface area contributed by atoms with E-state index in [9.17, 15) is 9.59 Å². The van der Waals surface area contributed by atoms with E-state index in [1.54, 1.807) is 36.3 Å². The van der Waals surface area contributed by atoms with Gasteiger partial charge in [-0.1, -0.05) is 19.1 Å². The highest BCUT2D eigenvalue weighted by atomic mass is 16.5. The zero-order chi connectivity index (χ0) is 19.2. The minimum absolute atomic E-state index is 0.0436. The molecule has 2 aromatic carbocycles. The van der Waals surface area contributed by atoms with Crippen LogP contribution in [0.3, 0.4) is 0 Å². The Balaban J connectivity index is 1.73. The van der Waals surface area contributed by atoms with Gasteiger partial charge in [0.1, 0.15) is 11.5 Å². The van der Waals surface area contributed by atoms with Crippen LogP contribution in [0.4, 0.5) is 11.4 Å². The summed E-state index contributed by atoms with van der Waals surface area (Å²) in [4.78, 5) is 26.0. The first-order valence-corrected chi connectivity index (χ1v) is 8.81. The van der Waals surface area contributed by atoms with Gasteiger partial charge in [-0.2, -0.15) is 0 Å². The van der Waals surface area contributed by atoms with Crippen molar-refractivity contribution < 1.29 is 19.1 Å². The lowest BCUT2D eigenvalue weighted by Gasteiger charge is -2.29. The smallest absolute Gasteiger partial charge is 0.265 e. The monoisotopic (exact) mass is 366 g/mol. The molecule has 27 heavy (non-hydrogen) atoms. The van der Waals surface area contributed by atoms with Gasteiger partial charge in [0.15, 0.2) is 6.61 Å². The highest BCUT2D eigenvalue weighted by Crippen LogP contribution is 2.34. The lowest BCUT2D eigenvalue weighted by atomic mass is 10.2. The molecule has 1 aliphatic rings. The third kappa shape index (κ3) is 4.47. The molecule has 0 spiro atoms. The second-order valence-electron chi connectivity index (χ2n) is 6.12. The van der Waals surface area contributed by atoms with Crippen LogP contribution in [0.1, 0.15) is 18.9 Å². The number of hydrogen-bond donors (Lipinski definition) is 1. The second kappa shape index (κ2) is 8.40. The van der Waals surface area contributed by atoms with Gasteiger partial charge in [-0.15, -0.1) is 0 Å². The van der Waals surface area contributed by atoms with Crippen LogP contribution in [0.15, 0.2) is 48.5 Å². The zero-order valence-electron chi connectivity index (χ0n) is 15.4. The Morgan fingerprint density at radius 2 is 2.15 bits per heavy atom. The van der Waals surface area contributed by atoms with Crippen LogP contribution in [0, 0.1) is 0 Å². The molecule has 6 heteroatoms. The van der Waals surface area contributed by atoms with Gasteiger partial charge in [0.05, 0.1) is 12.8 Å². The van der Waals surface area contributed by atoms with Gasteiger partial charge in [0, 0.05) is 18.3 Å². The fourth-order valence-electron chi connectivity index (χ4n) is 2.85. The number of amides is 2. The maximum Gasteiger partial charge on any atom is 0.265 e. The van der Waals surface area contributed by atoms with E-state index in [1.807, 2.05) is 31.2 Å². The molecule has 0 atom stereocenters. The van der Waals surface area contributed by atoms with Gasteiger partial charge in [-0.05, 0) is 48.4 Å². The molecular weight excluding hydrogens is 344 g/mol. The Morgan fingerprint density at radius 1 is 1.30 bits per heavy atom. The molecule has 0 bridgehead atoms. The van der Waals surface area contributed by atoms with Crippen molar-refractivity contribution in [2.24, 2.45) is 0 Å².